The lowest BCUT2D eigenvalue weighted by molar-refractivity contribution is -0.00208. The summed E-state index contributed by atoms with van der Waals surface area (Å²) in [7, 11) is 7.95. The molecule has 0 bridgehead atoms. The van der Waals surface area contributed by atoms with Crippen LogP contribution in [0.1, 0.15) is 80.3 Å². The van der Waals surface area contributed by atoms with Gasteiger partial charge in [-0.3, -0.25) is 4.79 Å². The molecule has 1 aliphatic heterocycles. The third kappa shape index (κ3) is 6.84. The van der Waals surface area contributed by atoms with Crippen molar-refractivity contribution >= 4 is 5.78 Å². The molecule has 1 aliphatic rings. The number of allylic oxidation sites excluding steroid dienone is 6. The predicted molar refractivity (Wildman–Crippen MR) is 167 cm³/mol. The Hall–Kier alpha value is -3.71. The van der Waals surface area contributed by atoms with E-state index in [4.69, 9.17) is 28.4 Å². The molecule has 42 heavy (non-hydrogen) atoms. The van der Waals surface area contributed by atoms with Gasteiger partial charge in [0, 0.05) is 29.9 Å². The van der Waals surface area contributed by atoms with Gasteiger partial charge < -0.3 is 28.4 Å². The summed E-state index contributed by atoms with van der Waals surface area (Å²) < 4.78 is 36.1. The van der Waals surface area contributed by atoms with Crippen LogP contribution in [0.15, 0.2) is 47.1 Å². The summed E-state index contributed by atoms with van der Waals surface area (Å²) in [6.07, 6.45) is 6.39. The van der Waals surface area contributed by atoms with Gasteiger partial charge in [-0.2, -0.15) is 0 Å². The van der Waals surface area contributed by atoms with Crippen LogP contribution in [0.25, 0.3) is 0 Å². The summed E-state index contributed by atoms with van der Waals surface area (Å²) >= 11 is 0. The zero-order valence-electron chi connectivity index (χ0n) is 27.0. The largest absolute Gasteiger partial charge is 0.496 e. The van der Waals surface area contributed by atoms with Gasteiger partial charge >= 0.3 is 0 Å². The van der Waals surface area contributed by atoms with E-state index in [2.05, 4.69) is 45.9 Å². The molecule has 0 fully saturated rings. The van der Waals surface area contributed by atoms with Crippen LogP contribution in [0.4, 0.5) is 0 Å². The molecule has 3 rings (SSSR count). The van der Waals surface area contributed by atoms with Crippen molar-refractivity contribution in [2.45, 2.75) is 73.0 Å². The first-order chi connectivity index (χ1) is 20.0. The van der Waals surface area contributed by atoms with Gasteiger partial charge in [0.1, 0.15) is 22.8 Å². The van der Waals surface area contributed by atoms with Crippen molar-refractivity contribution in [1.82, 2.24) is 0 Å². The minimum atomic E-state index is -0.926. The van der Waals surface area contributed by atoms with Crippen molar-refractivity contribution in [3.8, 4) is 28.7 Å². The number of benzene rings is 2. The molecule has 7 heteroatoms. The van der Waals surface area contributed by atoms with E-state index < -0.39 is 12.2 Å². The fourth-order valence-corrected chi connectivity index (χ4v) is 5.26. The molecule has 0 saturated heterocycles. The summed E-state index contributed by atoms with van der Waals surface area (Å²) in [5.41, 5.74) is 7.31. The average Bonchev–Trinajstić information content (AvgIpc) is 2.96. The van der Waals surface area contributed by atoms with Crippen LogP contribution in [0.5, 0.6) is 28.7 Å². The lowest BCUT2D eigenvalue weighted by atomic mass is 9.84. The quantitative estimate of drug-likeness (QED) is 0.240. The summed E-state index contributed by atoms with van der Waals surface area (Å²) in [5, 5.41) is 0. The minimum absolute atomic E-state index is 0.210. The van der Waals surface area contributed by atoms with Gasteiger partial charge in [-0.1, -0.05) is 34.9 Å². The highest BCUT2D eigenvalue weighted by Crippen LogP contribution is 2.50. The van der Waals surface area contributed by atoms with Gasteiger partial charge in [-0.15, -0.1) is 0 Å². The van der Waals surface area contributed by atoms with Crippen LogP contribution in [-0.4, -0.2) is 47.4 Å². The van der Waals surface area contributed by atoms with Crippen LogP contribution in [0, 0.1) is 0 Å². The fraction of sp³-hybridized carbons (Fsp3) is 0.457. The molecule has 7 nitrogen and oxygen atoms in total. The number of ketones is 1. The van der Waals surface area contributed by atoms with E-state index in [1.807, 2.05) is 19.9 Å². The smallest absolute Gasteiger partial charge is 0.203 e. The highest BCUT2D eigenvalue weighted by Gasteiger charge is 2.44. The summed E-state index contributed by atoms with van der Waals surface area (Å²) in [6.45, 7) is 12.3. The van der Waals surface area contributed by atoms with Crippen molar-refractivity contribution in [3.05, 3.63) is 74.9 Å². The maximum absolute atomic E-state index is 14.3. The van der Waals surface area contributed by atoms with E-state index >= 15 is 0 Å². The number of carbonyl (C=O) groups is 1. The monoisotopic (exact) mass is 578 g/mol. The molecule has 2 atom stereocenters. The first-order valence-electron chi connectivity index (χ1n) is 14.2. The lowest BCUT2D eigenvalue weighted by Crippen LogP contribution is -2.39. The van der Waals surface area contributed by atoms with Crippen molar-refractivity contribution in [3.63, 3.8) is 0 Å². The summed E-state index contributed by atoms with van der Waals surface area (Å²) in [6, 6.07) is 3.73. The third-order valence-electron chi connectivity index (χ3n) is 7.37. The second kappa shape index (κ2) is 14.5. The molecular formula is C35H46O7. The Morgan fingerprint density at radius 2 is 1.26 bits per heavy atom. The number of hydrogen-bond donors (Lipinski definition) is 0. The third-order valence-corrected chi connectivity index (χ3v) is 7.37. The maximum atomic E-state index is 14.3. The number of fused-ring (bicyclic) bond motifs is 1. The predicted octanol–water partition coefficient (Wildman–Crippen LogP) is 7.58. The molecule has 2 aromatic rings. The minimum Gasteiger partial charge on any atom is -0.496 e. The Morgan fingerprint density at radius 3 is 1.76 bits per heavy atom. The number of ether oxygens (including phenoxy) is 6. The standard InChI is InChI=1S/C35H46O7/c1-20(2)12-15-23-18-28(39-9)32(40-10)25(17-14-22(5)6)29(23)34-35(41-11)31(36)30-27(38-8)19-26(37-7)24(33(30)42-34)16-13-21(3)4/h12-14,18-19,34-35H,15-17H2,1-11H3/t34-,35+/m1/s1. The van der Waals surface area contributed by atoms with Crippen molar-refractivity contribution in [2.75, 3.05) is 35.5 Å². The van der Waals surface area contributed by atoms with Gasteiger partial charge in [0.25, 0.3) is 0 Å². The molecule has 0 unspecified atom stereocenters. The first-order valence-corrected chi connectivity index (χ1v) is 14.2. The topological polar surface area (TPSA) is 72.5 Å². The number of methoxy groups -OCH3 is 5. The molecule has 228 valence electrons. The highest BCUT2D eigenvalue weighted by molar-refractivity contribution is 6.06. The second-order valence-electron chi connectivity index (χ2n) is 11.1. The average molecular weight is 579 g/mol. The van der Waals surface area contributed by atoms with Crippen molar-refractivity contribution < 1.29 is 33.2 Å². The molecule has 0 radical (unpaired) electrons. The number of Topliss-reactive ketones (excluding diaryl/α,β-unsaturated/α-hetero) is 1. The van der Waals surface area contributed by atoms with Gasteiger partial charge in [-0.05, 0) is 72.4 Å². The highest BCUT2D eigenvalue weighted by atomic mass is 16.5. The van der Waals surface area contributed by atoms with E-state index in [-0.39, 0.29) is 5.78 Å². The van der Waals surface area contributed by atoms with Crippen LogP contribution in [-0.2, 0) is 24.0 Å². The number of hydrogen-bond acceptors (Lipinski definition) is 7. The molecule has 0 aliphatic carbocycles. The fourth-order valence-electron chi connectivity index (χ4n) is 5.26. The maximum Gasteiger partial charge on any atom is 0.203 e. The van der Waals surface area contributed by atoms with E-state index in [1.165, 1.54) is 19.8 Å². The molecule has 1 heterocycles. The molecule has 0 N–H and O–H groups in total. The van der Waals surface area contributed by atoms with Gasteiger partial charge in [0.2, 0.25) is 5.78 Å². The van der Waals surface area contributed by atoms with E-state index in [0.29, 0.717) is 53.6 Å². The van der Waals surface area contributed by atoms with Crippen LogP contribution in [0.2, 0.25) is 0 Å². The van der Waals surface area contributed by atoms with E-state index in [9.17, 15) is 4.79 Å². The number of rotatable bonds is 12. The Kier molecular flexibility index (Phi) is 11.3. The molecule has 2 aromatic carbocycles. The first kappa shape index (κ1) is 32.8. The zero-order valence-corrected chi connectivity index (χ0v) is 27.0. The molecule has 0 saturated carbocycles. The van der Waals surface area contributed by atoms with E-state index in [1.54, 1.807) is 27.4 Å². The lowest BCUT2D eigenvalue weighted by Gasteiger charge is -2.36. The molecular weight excluding hydrogens is 532 g/mol. The van der Waals surface area contributed by atoms with Crippen LogP contribution < -0.4 is 23.7 Å². The van der Waals surface area contributed by atoms with Gasteiger partial charge in [0.15, 0.2) is 23.7 Å². The zero-order chi connectivity index (χ0) is 31.1. The Labute approximate surface area is 251 Å². The molecule has 0 spiro atoms. The van der Waals surface area contributed by atoms with E-state index in [0.717, 1.165) is 33.4 Å². The number of carbonyl (C=O) groups excluding carboxylic acids is 1. The Balaban J connectivity index is 2.45. The van der Waals surface area contributed by atoms with Crippen LogP contribution in [0.3, 0.4) is 0 Å². The summed E-state index contributed by atoms with van der Waals surface area (Å²) in [5.74, 6) is 2.44. The normalized spacial score (nSPS) is 15.6. The van der Waals surface area contributed by atoms with Gasteiger partial charge in [0.05, 0.1) is 28.4 Å². The van der Waals surface area contributed by atoms with Crippen molar-refractivity contribution in [2.24, 2.45) is 0 Å². The summed E-state index contributed by atoms with van der Waals surface area (Å²) in [4.78, 5) is 14.3. The molecule has 0 aromatic heterocycles. The Bertz CT molecular complexity index is 1390. The Morgan fingerprint density at radius 1 is 0.714 bits per heavy atom. The van der Waals surface area contributed by atoms with Gasteiger partial charge in [-0.25, -0.2) is 0 Å². The van der Waals surface area contributed by atoms with Crippen LogP contribution >= 0.6 is 0 Å². The van der Waals surface area contributed by atoms with Crippen molar-refractivity contribution in [1.29, 1.82) is 0 Å². The second-order valence-corrected chi connectivity index (χ2v) is 11.1. The molecule has 0 amide bonds. The SMILES string of the molecule is COc1cc(OC)c2c(c1CC=C(C)C)O[C@H](c1c(CC=C(C)C)cc(OC)c(OC)c1CC=C(C)C)[C@@H](OC)C2=O.